The van der Waals surface area contributed by atoms with Crippen molar-refractivity contribution >= 4 is 22.0 Å². The van der Waals surface area contributed by atoms with Gasteiger partial charge in [0.05, 0.1) is 12.6 Å². The molecule has 1 aromatic heterocycles. The molecule has 0 radical (unpaired) electrons. The van der Waals surface area contributed by atoms with Crippen LogP contribution in [0.5, 0.6) is 5.88 Å². The molecule has 0 bridgehead atoms. The van der Waals surface area contributed by atoms with Crippen LogP contribution >= 0.6 is 15.9 Å². The van der Waals surface area contributed by atoms with Gasteiger partial charge in [-0.1, -0.05) is 0 Å². The second-order valence-corrected chi connectivity index (χ2v) is 4.96. The summed E-state index contributed by atoms with van der Waals surface area (Å²) in [7, 11) is 0. The van der Waals surface area contributed by atoms with E-state index in [0.717, 1.165) is 0 Å². The largest absolute Gasteiger partial charge is 0.469 e. The van der Waals surface area contributed by atoms with E-state index >= 15 is 0 Å². The molecule has 1 amide bonds. The normalized spacial score (nSPS) is 23.1. The van der Waals surface area contributed by atoms with E-state index in [-0.39, 0.29) is 18.8 Å². The van der Waals surface area contributed by atoms with Gasteiger partial charge in [0.15, 0.2) is 5.76 Å². The van der Waals surface area contributed by atoms with Crippen LogP contribution in [0.3, 0.4) is 0 Å². The molecule has 1 N–H and O–H groups in total. The predicted octanol–water partition coefficient (Wildman–Crippen LogP) is 2.51. The molecule has 1 aliphatic rings. The predicted molar refractivity (Wildman–Crippen MR) is 62.5 cm³/mol. The second kappa shape index (κ2) is 5.32. The Kier molecular flexibility index (Phi) is 3.93. The topological polar surface area (TPSA) is 75.8 Å². The highest BCUT2D eigenvalue weighted by atomic mass is 79.9. The lowest BCUT2D eigenvalue weighted by Gasteiger charge is -2.19. The van der Waals surface area contributed by atoms with Crippen molar-refractivity contribution in [2.75, 3.05) is 6.54 Å². The number of aryl methyl sites for hydroxylation is 1. The van der Waals surface area contributed by atoms with Crippen molar-refractivity contribution in [2.24, 2.45) is 0 Å². The number of likely N-dealkylation sites (tertiary alicyclic amines) is 1. The molecule has 1 aromatic rings. The van der Waals surface area contributed by atoms with Crippen LogP contribution in [0.15, 0.2) is 9.00 Å². The Morgan fingerprint density at radius 1 is 1.68 bits per heavy atom. The lowest BCUT2D eigenvalue weighted by Crippen LogP contribution is -2.39. The van der Waals surface area contributed by atoms with Gasteiger partial charge in [0, 0.05) is 6.42 Å². The van der Waals surface area contributed by atoms with E-state index in [1.54, 1.807) is 6.92 Å². The number of carboxylic acid groups (broad SMARTS) is 1. The average Bonchev–Trinajstić information content (AvgIpc) is 2.88. The maximum absolute atomic E-state index is 12.7. The van der Waals surface area contributed by atoms with Crippen molar-refractivity contribution < 1.29 is 27.9 Å². The zero-order valence-electron chi connectivity index (χ0n) is 9.85. The Morgan fingerprint density at radius 2 is 2.37 bits per heavy atom. The van der Waals surface area contributed by atoms with E-state index in [2.05, 4.69) is 21.1 Å². The molecule has 0 unspecified atom stereocenters. The van der Waals surface area contributed by atoms with E-state index in [1.165, 1.54) is 0 Å². The summed E-state index contributed by atoms with van der Waals surface area (Å²) in [5.74, 6) is 0.635. The molecule has 0 saturated carbocycles. The third-order valence-corrected chi connectivity index (χ3v) is 3.78. The molecule has 0 spiro atoms. The minimum atomic E-state index is -2.74. The highest BCUT2D eigenvalue weighted by Gasteiger charge is 2.42. The number of ether oxygens (including phenoxy) is 1. The van der Waals surface area contributed by atoms with Crippen LogP contribution in [0.1, 0.15) is 12.2 Å². The molecule has 2 atom stereocenters. The number of halogens is 3. The highest BCUT2D eigenvalue weighted by Crippen LogP contribution is 2.31. The highest BCUT2D eigenvalue weighted by molar-refractivity contribution is 9.10. The van der Waals surface area contributed by atoms with Gasteiger partial charge in [0.1, 0.15) is 10.6 Å². The molecule has 0 aliphatic carbocycles. The van der Waals surface area contributed by atoms with Gasteiger partial charge in [0.25, 0.3) is 12.3 Å². The molecule has 9 heteroatoms. The Bertz CT molecular complexity index is 482. The van der Waals surface area contributed by atoms with Crippen LogP contribution in [0.2, 0.25) is 0 Å². The van der Waals surface area contributed by atoms with E-state index in [9.17, 15) is 13.6 Å². The maximum Gasteiger partial charge on any atom is 0.407 e. The van der Waals surface area contributed by atoms with Gasteiger partial charge >= 0.3 is 6.09 Å². The van der Waals surface area contributed by atoms with E-state index < -0.39 is 24.7 Å². The number of aromatic nitrogens is 1. The zero-order chi connectivity index (χ0) is 14.2. The van der Waals surface area contributed by atoms with Gasteiger partial charge in [-0.2, -0.15) is 0 Å². The molecule has 2 rings (SSSR count). The molecule has 6 nitrogen and oxygen atoms in total. The summed E-state index contributed by atoms with van der Waals surface area (Å²) >= 11 is 3.19. The molecule has 106 valence electrons. The first-order valence-electron chi connectivity index (χ1n) is 5.46. The minimum Gasteiger partial charge on any atom is -0.469 e. The monoisotopic (exact) mass is 340 g/mol. The summed E-state index contributed by atoms with van der Waals surface area (Å²) in [6.45, 7) is 1.53. The van der Waals surface area contributed by atoms with E-state index in [1.807, 2.05) is 0 Å². The van der Waals surface area contributed by atoms with Gasteiger partial charge in [-0.3, -0.25) is 4.90 Å². The quantitative estimate of drug-likeness (QED) is 0.914. The molecular weight excluding hydrogens is 330 g/mol. The third kappa shape index (κ3) is 2.80. The van der Waals surface area contributed by atoms with Crippen LogP contribution < -0.4 is 4.74 Å². The first-order valence-corrected chi connectivity index (χ1v) is 6.25. The summed E-state index contributed by atoms with van der Waals surface area (Å²) in [5.41, 5.74) is 0. The summed E-state index contributed by atoms with van der Waals surface area (Å²) < 4.78 is 36.2. The zero-order valence-corrected chi connectivity index (χ0v) is 11.4. The first-order chi connectivity index (χ1) is 8.90. The summed E-state index contributed by atoms with van der Waals surface area (Å²) in [6, 6.07) is -1.35. The van der Waals surface area contributed by atoms with Gasteiger partial charge in [-0.15, -0.1) is 0 Å². The SMILES string of the molecule is Cc1onc(O[C@H]2C[C@@H](C(F)F)N(C(=O)O)C2)c1Br. The molecule has 0 aromatic carbocycles. The van der Waals surface area contributed by atoms with E-state index in [4.69, 9.17) is 14.4 Å². The van der Waals surface area contributed by atoms with Crippen molar-refractivity contribution in [1.29, 1.82) is 0 Å². The number of hydrogen-bond donors (Lipinski definition) is 1. The molecular formula is C10H11BrF2N2O4. The molecule has 1 saturated heterocycles. The van der Waals surface area contributed by atoms with Crippen molar-refractivity contribution in [3.63, 3.8) is 0 Å². The van der Waals surface area contributed by atoms with Crippen LogP contribution in [-0.2, 0) is 0 Å². The van der Waals surface area contributed by atoms with Crippen molar-refractivity contribution in [2.45, 2.75) is 31.9 Å². The van der Waals surface area contributed by atoms with Crippen molar-refractivity contribution in [3.8, 4) is 5.88 Å². The minimum absolute atomic E-state index is 0.0810. The summed E-state index contributed by atoms with van der Waals surface area (Å²) in [6.07, 6.45) is -4.88. The van der Waals surface area contributed by atoms with Crippen LogP contribution in [0, 0.1) is 6.92 Å². The number of hydrogen-bond acceptors (Lipinski definition) is 4. The van der Waals surface area contributed by atoms with Gasteiger partial charge in [0.2, 0.25) is 0 Å². The molecule has 19 heavy (non-hydrogen) atoms. The molecule has 1 aliphatic heterocycles. The van der Waals surface area contributed by atoms with Gasteiger partial charge < -0.3 is 14.4 Å². The van der Waals surface area contributed by atoms with Crippen molar-refractivity contribution in [3.05, 3.63) is 10.2 Å². The lowest BCUT2D eigenvalue weighted by molar-refractivity contribution is 0.0469. The fraction of sp³-hybridized carbons (Fsp3) is 0.600. The average molecular weight is 341 g/mol. The first kappa shape index (κ1) is 14.0. The number of rotatable bonds is 3. The third-order valence-electron chi connectivity index (χ3n) is 2.88. The Hall–Kier alpha value is -1.38. The Labute approximate surface area is 115 Å². The standard InChI is InChI=1S/C10H11BrF2N2O4/c1-4-7(11)9(14-19-4)18-5-2-6(8(12)13)15(3-5)10(16)17/h5-6,8H,2-3H2,1H3,(H,16,17)/t5-,6-/m0/s1. The van der Waals surface area contributed by atoms with Gasteiger partial charge in [-0.25, -0.2) is 13.6 Å². The fourth-order valence-corrected chi connectivity index (χ4v) is 2.18. The summed E-state index contributed by atoms with van der Waals surface area (Å²) in [4.78, 5) is 11.6. The van der Waals surface area contributed by atoms with Crippen LogP contribution in [0.25, 0.3) is 0 Å². The Morgan fingerprint density at radius 3 is 2.79 bits per heavy atom. The second-order valence-electron chi connectivity index (χ2n) is 4.17. The maximum atomic E-state index is 12.7. The number of amides is 1. The smallest absolute Gasteiger partial charge is 0.407 e. The molecule has 1 fully saturated rings. The molecule has 2 heterocycles. The van der Waals surface area contributed by atoms with Gasteiger partial charge in [-0.05, 0) is 28.0 Å². The van der Waals surface area contributed by atoms with Crippen molar-refractivity contribution in [1.82, 2.24) is 10.1 Å². The van der Waals surface area contributed by atoms with E-state index in [0.29, 0.717) is 15.1 Å². The Balaban J connectivity index is 2.07. The number of alkyl halides is 2. The fourth-order valence-electron chi connectivity index (χ4n) is 1.94. The van der Waals surface area contributed by atoms with Crippen LogP contribution in [-0.4, -0.2) is 46.4 Å². The number of carbonyl (C=O) groups is 1. The number of nitrogens with zero attached hydrogens (tertiary/aromatic N) is 2. The van der Waals surface area contributed by atoms with Crippen LogP contribution in [0.4, 0.5) is 13.6 Å². The summed E-state index contributed by atoms with van der Waals surface area (Å²) in [5, 5.41) is 12.5. The lowest BCUT2D eigenvalue weighted by atomic mass is 10.2.